The Hall–Kier alpha value is -1.52. The molecule has 3 nitrogen and oxygen atoms in total. The molecule has 2 aromatic carbocycles. The van der Waals surface area contributed by atoms with E-state index in [1.54, 1.807) is 11.8 Å². The minimum Gasteiger partial charge on any atom is -0.354 e. The van der Waals surface area contributed by atoms with Gasteiger partial charge in [-0.25, -0.2) is 0 Å². The van der Waals surface area contributed by atoms with Crippen LogP contribution < -0.4 is 11.1 Å². The van der Waals surface area contributed by atoms with Crippen LogP contribution in [0.1, 0.15) is 12.8 Å². The summed E-state index contributed by atoms with van der Waals surface area (Å²) in [6.45, 7) is 0.599. The number of amides is 1. The van der Waals surface area contributed by atoms with Crippen LogP contribution in [0.5, 0.6) is 0 Å². The molecule has 0 spiro atoms. The molecule has 0 bridgehead atoms. The van der Waals surface area contributed by atoms with Crippen molar-refractivity contribution in [2.24, 2.45) is 11.7 Å². The number of rotatable bonds is 6. The summed E-state index contributed by atoms with van der Waals surface area (Å²) in [6.07, 6.45) is 2.42. The third kappa shape index (κ3) is 3.99. The summed E-state index contributed by atoms with van der Waals surface area (Å²) in [6, 6.07) is 14.7. The quantitative estimate of drug-likeness (QED) is 0.807. The van der Waals surface area contributed by atoms with Gasteiger partial charge >= 0.3 is 0 Å². The summed E-state index contributed by atoms with van der Waals surface area (Å²) in [5.41, 5.74) is 5.98. The third-order valence-electron chi connectivity index (χ3n) is 3.85. The second kappa shape index (κ2) is 6.50. The molecule has 1 fully saturated rings. The van der Waals surface area contributed by atoms with Crippen LogP contribution in [0.3, 0.4) is 0 Å². The number of thioether (sulfide) groups is 1. The van der Waals surface area contributed by atoms with Gasteiger partial charge in [0.25, 0.3) is 0 Å². The van der Waals surface area contributed by atoms with Crippen LogP contribution in [-0.2, 0) is 4.79 Å². The molecule has 0 aromatic heterocycles. The molecule has 1 saturated carbocycles. The number of nitrogens with one attached hydrogen (secondary N) is 1. The van der Waals surface area contributed by atoms with Gasteiger partial charge in [-0.1, -0.05) is 30.3 Å². The average molecular weight is 300 g/mol. The molecule has 2 aromatic rings. The molecule has 3 N–H and O–H groups in total. The molecule has 3 rings (SSSR count). The van der Waals surface area contributed by atoms with Crippen molar-refractivity contribution in [3.8, 4) is 0 Å². The standard InChI is InChI=1S/C17H20N2OS/c18-16(13-5-6-13)10-19-17(20)11-21-15-8-7-12-3-1-2-4-14(12)9-15/h1-4,7-9,13,16H,5-6,10-11,18H2,(H,19,20). The number of fused-ring (bicyclic) bond motifs is 1. The highest BCUT2D eigenvalue weighted by Gasteiger charge is 2.28. The Morgan fingerprint density at radius 2 is 2.00 bits per heavy atom. The Morgan fingerprint density at radius 1 is 1.24 bits per heavy atom. The van der Waals surface area contributed by atoms with E-state index < -0.39 is 0 Å². The van der Waals surface area contributed by atoms with E-state index in [1.165, 1.54) is 23.6 Å². The summed E-state index contributed by atoms with van der Waals surface area (Å²) in [4.78, 5) is 13.0. The van der Waals surface area contributed by atoms with Crippen LogP contribution in [0.25, 0.3) is 10.8 Å². The van der Waals surface area contributed by atoms with E-state index in [0.717, 1.165) is 4.90 Å². The van der Waals surface area contributed by atoms with Gasteiger partial charge in [-0.15, -0.1) is 11.8 Å². The maximum absolute atomic E-state index is 11.8. The van der Waals surface area contributed by atoms with Crippen molar-refractivity contribution in [3.63, 3.8) is 0 Å². The van der Waals surface area contributed by atoms with Crippen molar-refractivity contribution < 1.29 is 4.79 Å². The summed E-state index contributed by atoms with van der Waals surface area (Å²) in [5, 5.41) is 5.36. The summed E-state index contributed by atoms with van der Waals surface area (Å²) < 4.78 is 0. The smallest absolute Gasteiger partial charge is 0.230 e. The molecule has 1 aliphatic rings. The number of nitrogens with two attached hydrogens (primary N) is 1. The third-order valence-corrected chi connectivity index (χ3v) is 4.85. The molecule has 4 heteroatoms. The van der Waals surface area contributed by atoms with E-state index in [0.29, 0.717) is 18.2 Å². The lowest BCUT2D eigenvalue weighted by Gasteiger charge is -2.11. The lowest BCUT2D eigenvalue weighted by atomic mass is 10.1. The van der Waals surface area contributed by atoms with E-state index in [2.05, 4.69) is 35.6 Å². The zero-order valence-corrected chi connectivity index (χ0v) is 12.7. The molecule has 0 radical (unpaired) electrons. The highest BCUT2D eigenvalue weighted by molar-refractivity contribution is 8.00. The maximum Gasteiger partial charge on any atom is 0.230 e. The van der Waals surface area contributed by atoms with E-state index in [9.17, 15) is 4.79 Å². The van der Waals surface area contributed by atoms with E-state index in [1.807, 2.05) is 12.1 Å². The van der Waals surface area contributed by atoms with Gasteiger partial charge in [0.15, 0.2) is 0 Å². The largest absolute Gasteiger partial charge is 0.354 e. The van der Waals surface area contributed by atoms with Crippen molar-refractivity contribution >= 4 is 28.4 Å². The average Bonchev–Trinajstić information content (AvgIpc) is 3.35. The highest BCUT2D eigenvalue weighted by atomic mass is 32.2. The molecule has 0 saturated heterocycles. The first-order chi connectivity index (χ1) is 10.2. The lowest BCUT2D eigenvalue weighted by Crippen LogP contribution is -2.39. The molecule has 1 unspecified atom stereocenters. The molecule has 1 amide bonds. The molecule has 0 aliphatic heterocycles. The van der Waals surface area contributed by atoms with Crippen molar-refractivity contribution in [1.29, 1.82) is 0 Å². The van der Waals surface area contributed by atoms with Crippen LogP contribution in [0.4, 0.5) is 0 Å². The molecule has 1 atom stereocenters. The molecule has 110 valence electrons. The normalized spacial score (nSPS) is 15.9. The minimum absolute atomic E-state index is 0.0595. The monoisotopic (exact) mass is 300 g/mol. The van der Waals surface area contributed by atoms with Crippen molar-refractivity contribution in [3.05, 3.63) is 42.5 Å². The summed E-state index contributed by atoms with van der Waals surface area (Å²) in [5.74, 6) is 1.12. The Morgan fingerprint density at radius 3 is 2.76 bits per heavy atom. The molecular weight excluding hydrogens is 280 g/mol. The van der Waals surface area contributed by atoms with Crippen LogP contribution in [0, 0.1) is 5.92 Å². The van der Waals surface area contributed by atoms with E-state index in [-0.39, 0.29) is 11.9 Å². The van der Waals surface area contributed by atoms with Crippen molar-refractivity contribution in [2.45, 2.75) is 23.8 Å². The van der Waals surface area contributed by atoms with E-state index >= 15 is 0 Å². The zero-order chi connectivity index (χ0) is 14.7. The fourth-order valence-corrected chi connectivity index (χ4v) is 3.15. The van der Waals surface area contributed by atoms with Gasteiger partial charge in [-0.3, -0.25) is 4.79 Å². The SMILES string of the molecule is NC(CNC(=O)CSc1ccc2ccccc2c1)C1CC1. The number of hydrogen-bond acceptors (Lipinski definition) is 3. The Bertz CT molecular complexity index is 639. The van der Waals surface area contributed by atoms with Gasteiger partial charge in [0, 0.05) is 17.5 Å². The second-order valence-electron chi connectivity index (χ2n) is 5.60. The van der Waals surface area contributed by atoms with Crippen molar-refractivity contribution in [1.82, 2.24) is 5.32 Å². The number of carbonyl (C=O) groups excluding carboxylic acids is 1. The maximum atomic E-state index is 11.8. The molecular formula is C17H20N2OS. The van der Waals surface area contributed by atoms with Crippen LogP contribution in [0.2, 0.25) is 0 Å². The topological polar surface area (TPSA) is 55.1 Å². The van der Waals surface area contributed by atoms with E-state index in [4.69, 9.17) is 5.73 Å². The van der Waals surface area contributed by atoms with Gasteiger partial charge in [0.05, 0.1) is 5.75 Å². The Kier molecular flexibility index (Phi) is 4.46. The fraction of sp³-hybridized carbons (Fsp3) is 0.353. The van der Waals surface area contributed by atoms with Crippen LogP contribution >= 0.6 is 11.8 Å². The van der Waals surface area contributed by atoms with Crippen LogP contribution in [-0.4, -0.2) is 24.2 Å². The summed E-state index contributed by atoms with van der Waals surface area (Å²) >= 11 is 1.57. The molecule has 0 heterocycles. The Labute approximate surface area is 129 Å². The predicted octanol–water partition coefficient (Wildman–Crippen LogP) is 2.79. The number of carbonyl (C=O) groups is 1. The number of hydrogen-bond donors (Lipinski definition) is 2. The first-order valence-electron chi connectivity index (χ1n) is 7.36. The van der Waals surface area contributed by atoms with Gasteiger partial charge in [0.1, 0.15) is 0 Å². The van der Waals surface area contributed by atoms with Crippen molar-refractivity contribution in [2.75, 3.05) is 12.3 Å². The summed E-state index contributed by atoms with van der Waals surface area (Å²) in [7, 11) is 0. The predicted molar refractivity (Wildman–Crippen MR) is 88.4 cm³/mol. The van der Waals surface area contributed by atoms with Gasteiger partial charge in [-0.2, -0.15) is 0 Å². The highest BCUT2D eigenvalue weighted by Crippen LogP contribution is 2.31. The fourth-order valence-electron chi connectivity index (χ4n) is 2.38. The first-order valence-corrected chi connectivity index (χ1v) is 8.35. The minimum atomic E-state index is 0.0595. The van der Waals surface area contributed by atoms with Gasteiger partial charge in [0.2, 0.25) is 5.91 Å². The zero-order valence-electron chi connectivity index (χ0n) is 11.9. The lowest BCUT2D eigenvalue weighted by molar-refractivity contribution is -0.118. The van der Waals surface area contributed by atoms with Crippen LogP contribution in [0.15, 0.2) is 47.4 Å². The number of benzene rings is 2. The molecule has 1 aliphatic carbocycles. The molecule has 21 heavy (non-hydrogen) atoms. The first kappa shape index (κ1) is 14.4. The van der Waals surface area contributed by atoms with Gasteiger partial charge < -0.3 is 11.1 Å². The second-order valence-corrected chi connectivity index (χ2v) is 6.65. The van der Waals surface area contributed by atoms with Gasteiger partial charge in [-0.05, 0) is 41.7 Å². The Balaban J connectivity index is 1.49.